The molecule has 2 aromatic carbocycles. The number of carbonyl (C=O) groups excluding carboxylic acids is 2. The Morgan fingerprint density at radius 1 is 1.08 bits per heavy atom. The van der Waals surface area contributed by atoms with Gasteiger partial charge >= 0.3 is 6.03 Å². The van der Waals surface area contributed by atoms with E-state index in [-0.39, 0.29) is 6.04 Å². The van der Waals surface area contributed by atoms with E-state index in [1.807, 2.05) is 54.6 Å². The molecule has 0 aliphatic carbocycles. The number of hydrogen-bond donors (Lipinski definition) is 3. The lowest BCUT2D eigenvalue weighted by Gasteiger charge is -2.30. The highest BCUT2D eigenvalue weighted by Gasteiger charge is 2.28. The fourth-order valence-corrected chi connectivity index (χ4v) is 2.88. The van der Waals surface area contributed by atoms with Crippen molar-refractivity contribution in [2.24, 2.45) is 5.73 Å². The summed E-state index contributed by atoms with van der Waals surface area (Å²) in [6, 6.07) is 15.4. The van der Waals surface area contributed by atoms with E-state index in [1.54, 1.807) is 0 Å². The Hall–Kier alpha value is -2.86. The molecule has 0 bridgehead atoms. The Balaban J connectivity index is 1.87. The van der Waals surface area contributed by atoms with Crippen LogP contribution in [0.2, 0.25) is 0 Å². The number of nitrogens with two attached hydrogens (primary N) is 1. The molecule has 2 atom stereocenters. The molecule has 124 valence electrons. The summed E-state index contributed by atoms with van der Waals surface area (Å²) in [6.45, 7) is 0.563. The molecule has 1 heterocycles. The molecule has 3 amide bonds. The van der Waals surface area contributed by atoms with Crippen LogP contribution < -0.4 is 21.1 Å². The van der Waals surface area contributed by atoms with Gasteiger partial charge in [-0.15, -0.1) is 0 Å². The molecule has 6 nitrogen and oxygen atoms in total. The maximum Gasteiger partial charge on any atom is 0.318 e. The van der Waals surface area contributed by atoms with Gasteiger partial charge < -0.3 is 10.5 Å². The number of rotatable bonds is 4. The summed E-state index contributed by atoms with van der Waals surface area (Å²) in [7, 11) is 0. The van der Waals surface area contributed by atoms with Gasteiger partial charge in [0.2, 0.25) is 5.91 Å². The maximum atomic E-state index is 12.4. The zero-order valence-electron chi connectivity index (χ0n) is 13.1. The quantitative estimate of drug-likeness (QED) is 0.802. The molecule has 0 aromatic heterocycles. The molecule has 0 radical (unpaired) electrons. The highest BCUT2D eigenvalue weighted by molar-refractivity contribution is 5.96. The van der Waals surface area contributed by atoms with Crippen LogP contribution in [-0.4, -0.2) is 18.5 Å². The zero-order chi connectivity index (χ0) is 16.9. The van der Waals surface area contributed by atoms with Gasteiger partial charge in [0, 0.05) is 18.0 Å². The lowest BCUT2D eigenvalue weighted by molar-refractivity contribution is -0.122. The van der Waals surface area contributed by atoms with Crippen molar-refractivity contribution in [3.05, 3.63) is 65.7 Å². The van der Waals surface area contributed by atoms with Crippen LogP contribution in [0.3, 0.4) is 0 Å². The van der Waals surface area contributed by atoms with Gasteiger partial charge in [-0.05, 0) is 11.6 Å². The van der Waals surface area contributed by atoms with E-state index in [1.165, 1.54) is 0 Å². The number of amides is 3. The molecule has 0 fully saturated rings. The first-order valence-electron chi connectivity index (χ1n) is 7.78. The SMILES string of the molecule is NC(=O)NC(=O)[C@H](N[C@H]1CCOc2ccccc21)c1ccccc1. The summed E-state index contributed by atoms with van der Waals surface area (Å²) in [5.74, 6) is 0.334. The summed E-state index contributed by atoms with van der Waals surface area (Å²) >= 11 is 0. The summed E-state index contributed by atoms with van der Waals surface area (Å²) in [5.41, 5.74) is 6.86. The summed E-state index contributed by atoms with van der Waals surface area (Å²) in [5, 5.41) is 5.49. The molecular weight excluding hydrogens is 306 g/mol. The Morgan fingerprint density at radius 3 is 2.54 bits per heavy atom. The molecule has 1 aliphatic rings. The van der Waals surface area contributed by atoms with E-state index >= 15 is 0 Å². The number of hydrogen-bond acceptors (Lipinski definition) is 4. The normalized spacial score (nSPS) is 17.2. The smallest absolute Gasteiger partial charge is 0.318 e. The number of benzene rings is 2. The average molecular weight is 325 g/mol. The Kier molecular flexibility index (Phi) is 4.77. The fraction of sp³-hybridized carbons (Fsp3) is 0.222. The minimum Gasteiger partial charge on any atom is -0.493 e. The second kappa shape index (κ2) is 7.14. The third-order valence-electron chi connectivity index (χ3n) is 3.97. The van der Waals surface area contributed by atoms with Crippen molar-refractivity contribution in [2.75, 3.05) is 6.61 Å². The van der Waals surface area contributed by atoms with Crippen molar-refractivity contribution in [3.63, 3.8) is 0 Å². The van der Waals surface area contributed by atoms with Crippen molar-refractivity contribution in [1.29, 1.82) is 0 Å². The van der Waals surface area contributed by atoms with Crippen molar-refractivity contribution in [1.82, 2.24) is 10.6 Å². The zero-order valence-corrected chi connectivity index (χ0v) is 13.1. The first-order valence-corrected chi connectivity index (χ1v) is 7.78. The summed E-state index contributed by atoms with van der Waals surface area (Å²) in [6.07, 6.45) is 0.726. The van der Waals surface area contributed by atoms with Gasteiger partial charge in [0.25, 0.3) is 0 Å². The van der Waals surface area contributed by atoms with E-state index in [4.69, 9.17) is 10.5 Å². The van der Waals surface area contributed by atoms with Gasteiger partial charge in [-0.2, -0.15) is 0 Å². The number of primary amides is 1. The number of nitrogens with one attached hydrogen (secondary N) is 2. The molecule has 0 unspecified atom stereocenters. The van der Waals surface area contributed by atoms with Crippen molar-refractivity contribution >= 4 is 11.9 Å². The molecule has 4 N–H and O–H groups in total. The van der Waals surface area contributed by atoms with Gasteiger partial charge in [-0.25, -0.2) is 4.79 Å². The molecule has 1 aliphatic heterocycles. The molecule has 24 heavy (non-hydrogen) atoms. The first-order chi connectivity index (χ1) is 11.6. The molecule has 0 saturated heterocycles. The number of imide groups is 1. The Morgan fingerprint density at radius 2 is 1.79 bits per heavy atom. The third kappa shape index (κ3) is 3.55. The van der Waals surface area contributed by atoms with Gasteiger partial charge in [-0.3, -0.25) is 15.4 Å². The van der Waals surface area contributed by atoms with Gasteiger partial charge in [0.1, 0.15) is 11.8 Å². The Labute approximate surface area is 140 Å². The van der Waals surface area contributed by atoms with Crippen LogP contribution in [0.15, 0.2) is 54.6 Å². The average Bonchev–Trinajstić information content (AvgIpc) is 2.60. The van der Waals surface area contributed by atoms with E-state index in [2.05, 4.69) is 10.6 Å². The summed E-state index contributed by atoms with van der Waals surface area (Å²) < 4.78 is 5.65. The highest BCUT2D eigenvalue weighted by atomic mass is 16.5. The first kappa shape index (κ1) is 16.0. The number of urea groups is 1. The standard InChI is InChI=1S/C18H19N3O3/c19-18(23)21-17(22)16(12-6-2-1-3-7-12)20-14-10-11-24-15-9-5-4-8-13(14)15/h1-9,14,16,20H,10-11H2,(H3,19,21,22,23)/t14-,16+/m0/s1. The van der Waals surface area contributed by atoms with Crippen LogP contribution in [-0.2, 0) is 4.79 Å². The van der Waals surface area contributed by atoms with Crippen molar-refractivity contribution in [2.45, 2.75) is 18.5 Å². The second-order valence-electron chi connectivity index (χ2n) is 5.59. The van der Waals surface area contributed by atoms with Gasteiger partial charge in [-0.1, -0.05) is 48.5 Å². The molecular formula is C18H19N3O3. The third-order valence-corrected chi connectivity index (χ3v) is 3.97. The van der Waals surface area contributed by atoms with Crippen molar-refractivity contribution in [3.8, 4) is 5.75 Å². The monoisotopic (exact) mass is 325 g/mol. The van der Waals surface area contributed by atoms with Crippen LogP contribution in [0.1, 0.15) is 29.6 Å². The van der Waals surface area contributed by atoms with Crippen LogP contribution in [0, 0.1) is 0 Å². The van der Waals surface area contributed by atoms with E-state index in [9.17, 15) is 9.59 Å². The molecule has 6 heteroatoms. The number of fused-ring (bicyclic) bond motifs is 1. The highest BCUT2D eigenvalue weighted by Crippen LogP contribution is 2.33. The van der Waals surface area contributed by atoms with Gasteiger partial charge in [0.05, 0.1) is 6.61 Å². The van der Waals surface area contributed by atoms with E-state index in [0.717, 1.165) is 23.3 Å². The molecule has 0 saturated carbocycles. The predicted octanol–water partition coefficient (Wildman–Crippen LogP) is 2.04. The van der Waals surface area contributed by atoms with Crippen molar-refractivity contribution < 1.29 is 14.3 Å². The van der Waals surface area contributed by atoms with E-state index in [0.29, 0.717) is 6.61 Å². The molecule has 2 aromatic rings. The second-order valence-corrected chi connectivity index (χ2v) is 5.59. The largest absolute Gasteiger partial charge is 0.493 e. The topological polar surface area (TPSA) is 93.5 Å². The number of para-hydroxylation sites is 1. The van der Waals surface area contributed by atoms with Crippen LogP contribution in [0.4, 0.5) is 4.79 Å². The lowest BCUT2D eigenvalue weighted by atomic mass is 9.97. The fourth-order valence-electron chi connectivity index (χ4n) is 2.88. The molecule has 0 spiro atoms. The van der Waals surface area contributed by atoms with Gasteiger partial charge in [0.15, 0.2) is 0 Å². The predicted molar refractivity (Wildman–Crippen MR) is 89.3 cm³/mol. The molecule has 3 rings (SSSR count). The maximum absolute atomic E-state index is 12.4. The lowest BCUT2D eigenvalue weighted by Crippen LogP contribution is -2.44. The number of carbonyl (C=O) groups is 2. The minimum atomic E-state index is -0.866. The number of ether oxygens (including phenoxy) is 1. The van der Waals surface area contributed by atoms with Crippen LogP contribution in [0.25, 0.3) is 0 Å². The summed E-state index contributed by atoms with van der Waals surface area (Å²) in [4.78, 5) is 23.5. The van der Waals surface area contributed by atoms with Crippen LogP contribution in [0.5, 0.6) is 5.75 Å². The van der Waals surface area contributed by atoms with E-state index < -0.39 is 18.0 Å². The minimum absolute atomic E-state index is 0.0567. The Bertz CT molecular complexity index is 733. The van der Waals surface area contributed by atoms with Crippen LogP contribution >= 0.6 is 0 Å².